The summed E-state index contributed by atoms with van der Waals surface area (Å²) in [4.78, 5) is 26.2. The molecule has 33 heavy (non-hydrogen) atoms. The van der Waals surface area contributed by atoms with E-state index in [2.05, 4.69) is 48.4 Å². The number of rotatable bonds is 7. The van der Waals surface area contributed by atoms with Crippen molar-refractivity contribution in [1.29, 1.82) is 0 Å². The van der Waals surface area contributed by atoms with Crippen LogP contribution in [0, 0.1) is 6.92 Å². The lowest BCUT2D eigenvalue weighted by atomic mass is 9.87. The highest BCUT2D eigenvalue weighted by Gasteiger charge is 2.18. The second-order valence-electron chi connectivity index (χ2n) is 9.15. The molecule has 0 saturated carbocycles. The van der Waals surface area contributed by atoms with Gasteiger partial charge in [-0.1, -0.05) is 74.5 Å². The van der Waals surface area contributed by atoms with Crippen LogP contribution in [0.4, 0.5) is 5.69 Å². The zero-order valence-electron chi connectivity index (χ0n) is 20.0. The topological polar surface area (TPSA) is 80.1 Å². The van der Waals surface area contributed by atoms with Crippen molar-refractivity contribution in [3.63, 3.8) is 0 Å². The first-order valence-corrected chi connectivity index (χ1v) is 11.8. The highest BCUT2D eigenvalue weighted by molar-refractivity contribution is 7.99. The second-order valence-corrected chi connectivity index (χ2v) is 10.1. The molecule has 0 unspecified atom stereocenters. The molecule has 0 saturated heterocycles. The van der Waals surface area contributed by atoms with E-state index in [0.717, 1.165) is 17.0 Å². The molecule has 3 rings (SSSR count). The number of hydrogen-bond acceptors (Lipinski definition) is 5. The molecule has 1 aromatic heterocycles. The van der Waals surface area contributed by atoms with E-state index >= 15 is 0 Å². The van der Waals surface area contributed by atoms with Gasteiger partial charge in [-0.25, -0.2) is 0 Å². The van der Waals surface area contributed by atoms with Gasteiger partial charge < -0.3 is 14.8 Å². The van der Waals surface area contributed by atoms with E-state index in [4.69, 9.17) is 0 Å². The Morgan fingerprint density at radius 2 is 1.67 bits per heavy atom. The van der Waals surface area contributed by atoms with Crippen LogP contribution in [0.25, 0.3) is 11.4 Å². The Morgan fingerprint density at radius 1 is 1.03 bits per heavy atom. The predicted octanol–water partition coefficient (Wildman–Crippen LogP) is 4.28. The number of nitrogens with zero attached hydrogens (tertiary/aromatic N) is 4. The van der Waals surface area contributed by atoms with Gasteiger partial charge in [0, 0.05) is 25.3 Å². The van der Waals surface area contributed by atoms with E-state index in [1.807, 2.05) is 54.9 Å². The zero-order valence-corrected chi connectivity index (χ0v) is 20.9. The maximum Gasteiger partial charge on any atom is 0.243 e. The summed E-state index contributed by atoms with van der Waals surface area (Å²) in [6.45, 7) is 8.51. The maximum atomic E-state index is 12.5. The largest absolute Gasteiger partial charge is 0.336 e. The summed E-state index contributed by atoms with van der Waals surface area (Å²) in [7, 11) is 3.51. The van der Waals surface area contributed by atoms with Gasteiger partial charge in [0.1, 0.15) is 0 Å². The number of benzene rings is 2. The first-order chi connectivity index (χ1) is 15.5. The summed E-state index contributed by atoms with van der Waals surface area (Å²) in [6.07, 6.45) is 0. The third-order valence-electron chi connectivity index (χ3n) is 5.31. The number of nitrogens with one attached hydrogen (secondary N) is 1. The lowest BCUT2D eigenvalue weighted by Crippen LogP contribution is -2.36. The van der Waals surface area contributed by atoms with E-state index < -0.39 is 0 Å². The monoisotopic (exact) mass is 465 g/mol. The summed E-state index contributed by atoms with van der Waals surface area (Å²) in [6, 6.07) is 15.8. The summed E-state index contributed by atoms with van der Waals surface area (Å²) in [5, 5.41) is 12.0. The Balaban J connectivity index is 1.55. The van der Waals surface area contributed by atoms with Gasteiger partial charge in [0.2, 0.25) is 11.8 Å². The Labute approximate surface area is 199 Å². The molecule has 1 heterocycles. The van der Waals surface area contributed by atoms with Gasteiger partial charge in [0.05, 0.1) is 12.3 Å². The normalized spacial score (nSPS) is 11.3. The van der Waals surface area contributed by atoms with Crippen molar-refractivity contribution in [3.8, 4) is 11.4 Å². The number of thioether (sulfide) groups is 1. The molecule has 7 nitrogen and oxygen atoms in total. The fourth-order valence-electron chi connectivity index (χ4n) is 3.19. The van der Waals surface area contributed by atoms with Gasteiger partial charge >= 0.3 is 0 Å². The van der Waals surface area contributed by atoms with Gasteiger partial charge in [-0.2, -0.15) is 0 Å². The van der Waals surface area contributed by atoms with Crippen LogP contribution < -0.4 is 5.32 Å². The molecular weight excluding hydrogens is 434 g/mol. The number of carbonyl (C=O) groups is 2. The fraction of sp³-hybridized carbons (Fsp3) is 0.360. The number of likely N-dealkylation sites (N-methyl/N-ethyl adjacent to an activating group) is 1. The van der Waals surface area contributed by atoms with Crippen molar-refractivity contribution >= 4 is 29.3 Å². The molecule has 0 radical (unpaired) electrons. The molecule has 0 aliphatic heterocycles. The molecule has 0 aliphatic carbocycles. The number of aromatic nitrogens is 3. The lowest BCUT2D eigenvalue weighted by Gasteiger charge is -2.19. The van der Waals surface area contributed by atoms with Crippen molar-refractivity contribution in [2.45, 2.75) is 38.3 Å². The molecule has 0 bridgehead atoms. The van der Waals surface area contributed by atoms with Crippen LogP contribution in [0.2, 0.25) is 0 Å². The average Bonchev–Trinajstić information content (AvgIpc) is 3.13. The van der Waals surface area contributed by atoms with Gasteiger partial charge in [-0.05, 0) is 30.0 Å². The Hall–Kier alpha value is -3.13. The van der Waals surface area contributed by atoms with E-state index in [9.17, 15) is 9.59 Å². The van der Waals surface area contributed by atoms with Crippen LogP contribution in [0.5, 0.6) is 0 Å². The van der Waals surface area contributed by atoms with Crippen molar-refractivity contribution in [3.05, 3.63) is 59.7 Å². The summed E-state index contributed by atoms with van der Waals surface area (Å²) >= 11 is 1.31. The predicted molar refractivity (Wildman–Crippen MR) is 133 cm³/mol. The minimum Gasteiger partial charge on any atom is -0.336 e. The van der Waals surface area contributed by atoms with Gasteiger partial charge in [0.15, 0.2) is 11.0 Å². The van der Waals surface area contributed by atoms with E-state index in [0.29, 0.717) is 10.8 Å². The molecule has 0 fully saturated rings. The van der Waals surface area contributed by atoms with E-state index in [1.165, 1.54) is 22.2 Å². The van der Waals surface area contributed by atoms with Crippen LogP contribution in [0.15, 0.2) is 53.7 Å². The standard InChI is InChI=1S/C25H31N5O2S/c1-17-7-13-20(14-8-17)26-21(31)15-29(5)22(32)16-33-24-28-27-23(30(24)6)18-9-11-19(12-10-18)25(2,3)4/h7-14H,15-16H2,1-6H3,(H,26,31). The van der Waals surface area contributed by atoms with Gasteiger partial charge in [-0.3, -0.25) is 9.59 Å². The summed E-state index contributed by atoms with van der Waals surface area (Å²) in [5.74, 6) is 0.525. The van der Waals surface area contributed by atoms with Gasteiger partial charge in [-0.15, -0.1) is 10.2 Å². The number of amides is 2. The molecule has 8 heteroatoms. The summed E-state index contributed by atoms with van der Waals surface area (Å²) in [5.41, 5.74) is 4.14. The number of aryl methyl sites for hydroxylation is 1. The smallest absolute Gasteiger partial charge is 0.243 e. The summed E-state index contributed by atoms with van der Waals surface area (Å²) < 4.78 is 1.88. The highest BCUT2D eigenvalue weighted by Crippen LogP contribution is 2.27. The van der Waals surface area contributed by atoms with Crippen LogP contribution in [0.1, 0.15) is 31.9 Å². The first kappa shape index (κ1) is 24.5. The Morgan fingerprint density at radius 3 is 2.27 bits per heavy atom. The molecule has 0 atom stereocenters. The maximum absolute atomic E-state index is 12.5. The Kier molecular flexibility index (Phi) is 7.58. The molecule has 0 aliphatic rings. The number of anilines is 1. The molecule has 0 spiro atoms. The second kappa shape index (κ2) is 10.2. The van der Waals surface area contributed by atoms with E-state index in [-0.39, 0.29) is 29.5 Å². The molecule has 3 aromatic rings. The van der Waals surface area contributed by atoms with E-state index in [1.54, 1.807) is 7.05 Å². The third-order valence-corrected chi connectivity index (χ3v) is 6.32. The average molecular weight is 466 g/mol. The van der Waals surface area contributed by atoms with Crippen LogP contribution in [0.3, 0.4) is 0 Å². The highest BCUT2D eigenvalue weighted by atomic mass is 32.2. The fourth-order valence-corrected chi connectivity index (χ4v) is 4.04. The minimum atomic E-state index is -0.237. The SMILES string of the molecule is Cc1ccc(NC(=O)CN(C)C(=O)CSc2nnc(-c3ccc(C(C)(C)C)cc3)n2C)cc1. The van der Waals surface area contributed by atoms with Crippen LogP contribution in [-0.4, -0.2) is 50.8 Å². The van der Waals surface area contributed by atoms with Crippen molar-refractivity contribution in [1.82, 2.24) is 19.7 Å². The minimum absolute atomic E-state index is 0.0164. The third kappa shape index (κ3) is 6.44. The molecule has 2 amide bonds. The van der Waals surface area contributed by atoms with Crippen molar-refractivity contribution in [2.75, 3.05) is 24.7 Å². The molecule has 2 aromatic carbocycles. The van der Waals surface area contributed by atoms with Crippen molar-refractivity contribution < 1.29 is 9.59 Å². The first-order valence-electron chi connectivity index (χ1n) is 10.8. The molecule has 174 valence electrons. The number of carbonyl (C=O) groups excluding carboxylic acids is 2. The number of hydrogen-bond donors (Lipinski definition) is 1. The molecule has 1 N–H and O–H groups in total. The van der Waals surface area contributed by atoms with Crippen LogP contribution in [-0.2, 0) is 22.1 Å². The quantitative estimate of drug-likeness (QED) is 0.527. The van der Waals surface area contributed by atoms with Crippen LogP contribution >= 0.6 is 11.8 Å². The van der Waals surface area contributed by atoms with Crippen molar-refractivity contribution in [2.24, 2.45) is 7.05 Å². The zero-order chi connectivity index (χ0) is 24.2. The van der Waals surface area contributed by atoms with Gasteiger partial charge in [0.25, 0.3) is 0 Å². The lowest BCUT2D eigenvalue weighted by molar-refractivity contribution is -0.131. The molecular formula is C25H31N5O2S. The Bertz CT molecular complexity index is 1120.